The van der Waals surface area contributed by atoms with Crippen molar-refractivity contribution in [1.82, 2.24) is 19.6 Å². The maximum atomic E-state index is 12.8. The van der Waals surface area contributed by atoms with E-state index in [1.807, 2.05) is 46.0 Å². The maximum Gasteiger partial charge on any atom is 0.272 e. The van der Waals surface area contributed by atoms with Crippen LogP contribution in [0.1, 0.15) is 22.6 Å². The number of fused-ring (bicyclic) bond motifs is 1. The molecule has 2 aliphatic heterocycles. The van der Waals surface area contributed by atoms with E-state index in [9.17, 15) is 4.79 Å². The summed E-state index contributed by atoms with van der Waals surface area (Å²) in [6.07, 6.45) is 1.06. The Hall–Kier alpha value is -2.34. The molecule has 1 aromatic carbocycles. The largest absolute Gasteiger partial charge is 0.487 e. The fourth-order valence-corrected chi connectivity index (χ4v) is 3.52. The second-order valence-electron chi connectivity index (χ2n) is 6.55. The number of ether oxygens (including phenoxy) is 1. The van der Waals surface area contributed by atoms with E-state index in [0.717, 1.165) is 44.0 Å². The molecule has 1 fully saturated rings. The molecule has 6 heteroatoms. The van der Waals surface area contributed by atoms with Crippen molar-refractivity contribution in [1.29, 1.82) is 0 Å². The molecule has 2 aromatic rings. The number of hydrogen-bond donors (Lipinski definition) is 0. The summed E-state index contributed by atoms with van der Waals surface area (Å²) < 4.78 is 7.56. The van der Waals surface area contributed by atoms with E-state index in [2.05, 4.69) is 17.0 Å². The molecular formula is C18H22N4O2. The van der Waals surface area contributed by atoms with Gasteiger partial charge in [-0.2, -0.15) is 5.10 Å². The van der Waals surface area contributed by atoms with Crippen LogP contribution in [-0.4, -0.2) is 58.2 Å². The minimum Gasteiger partial charge on any atom is -0.487 e. The van der Waals surface area contributed by atoms with Crippen LogP contribution in [0.3, 0.4) is 0 Å². The van der Waals surface area contributed by atoms with Crippen LogP contribution in [-0.2, 0) is 13.2 Å². The molecule has 3 heterocycles. The van der Waals surface area contributed by atoms with E-state index in [-0.39, 0.29) is 5.91 Å². The Bertz CT molecular complexity index is 728. The Morgan fingerprint density at radius 1 is 1.21 bits per heavy atom. The molecule has 24 heavy (non-hydrogen) atoms. The van der Waals surface area contributed by atoms with Gasteiger partial charge in [-0.05, 0) is 38.2 Å². The number of benzene rings is 1. The molecule has 0 N–H and O–H groups in total. The molecular weight excluding hydrogens is 304 g/mol. The quantitative estimate of drug-likeness (QED) is 0.857. The molecule has 0 spiro atoms. The van der Waals surface area contributed by atoms with E-state index in [1.165, 1.54) is 0 Å². The van der Waals surface area contributed by atoms with Crippen LogP contribution in [0.4, 0.5) is 0 Å². The number of carbonyl (C=O) groups is 1. The van der Waals surface area contributed by atoms with E-state index >= 15 is 0 Å². The number of amides is 1. The van der Waals surface area contributed by atoms with Gasteiger partial charge in [-0.15, -0.1) is 0 Å². The summed E-state index contributed by atoms with van der Waals surface area (Å²) in [6.45, 7) is 3.90. The number of rotatable bonds is 4. The van der Waals surface area contributed by atoms with Gasteiger partial charge >= 0.3 is 0 Å². The van der Waals surface area contributed by atoms with Crippen molar-refractivity contribution < 1.29 is 9.53 Å². The number of carbonyl (C=O) groups excluding carboxylic acids is 1. The summed E-state index contributed by atoms with van der Waals surface area (Å²) in [4.78, 5) is 17.1. The van der Waals surface area contributed by atoms with E-state index in [4.69, 9.17) is 4.74 Å². The highest BCUT2D eigenvalue weighted by Gasteiger charge is 2.34. The van der Waals surface area contributed by atoms with Crippen LogP contribution >= 0.6 is 0 Å². The van der Waals surface area contributed by atoms with Crippen LogP contribution in [0.5, 0.6) is 5.75 Å². The Labute approximate surface area is 141 Å². The fraction of sp³-hybridized carbons (Fsp3) is 0.444. The van der Waals surface area contributed by atoms with E-state index in [0.29, 0.717) is 18.3 Å². The van der Waals surface area contributed by atoms with Crippen molar-refractivity contribution in [2.45, 2.75) is 25.6 Å². The summed E-state index contributed by atoms with van der Waals surface area (Å²) in [6, 6.07) is 11.9. The predicted molar refractivity (Wildman–Crippen MR) is 89.9 cm³/mol. The topological polar surface area (TPSA) is 50.6 Å². The fourth-order valence-electron chi connectivity index (χ4n) is 3.52. The first kappa shape index (κ1) is 15.2. The molecule has 0 aliphatic carbocycles. The van der Waals surface area contributed by atoms with Crippen molar-refractivity contribution in [2.75, 3.05) is 26.7 Å². The molecule has 1 unspecified atom stereocenters. The molecule has 0 bridgehead atoms. The molecule has 1 aromatic heterocycles. The highest BCUT2D eigenvalue weighted by atomic mass is 16.5. The van der Waals surface area contributed by atoms with E-state index < -0.39 is 0 Å². The molecule has 1 saturated heterocycles. The number of nitrogens with zero attached hydrogens (tertiary/aromatic N) is 4. The molecule has 126 valence electrons. The van der Waals surface area contributed by atoms with Crippen molar-refractivity contribution in [3.63, 3.8) is 0 Å². The Kier molecular flexibility index (Phi) is 3.98. The Morgan fingerprint density at radius 2 is 2.04 bits per heavy atom. The summed E-state index contributed by atoms with van der Waals surface area (Å²) in [5.41, 5.74) is 1.48. The number of para-hydroxylation sites is 1. The highest BCUT2D eigenvalue weighted by molar-refractivity contribution is 5.93. The van der Waals surface area contributed by atoms with Gasteiger partial charge in [0, 0.05) is 19.1 Å². The van der Waals surface area contributed by atoms with Gasteiger partial charge in [0.15, 0.2) is 0 Å². The molecule has 1 amide bonds. The van der Waals surface area contributed by atoms with Gasteiger partial charge in [0.25, 0.3) is 5.91 Å². The van der Waals surface area contributed by atoms with Gasteiger partial charge in [0.2, 0.25) is 0 Å². The normalized spacial score (nSPS) is 21.1. The maximum absolute atomic E-state index is 12.8. The molecule has 0 saturated carbocycles. The van der Waals surface area contributed by atoms with Gasteiger partial charge in [0.05, 0.1) is 6.54 Å². The van der Waals surface area contributed by atoms with Crippen LogP contribution in [0, 0.1) is 0 Å². The lowest BCUT2D eigenvalue weighted by Gasteiger charge is -2.32. The number of hydrogen-bond acceptors (Lipinski definition) is 4. The first-order valence-electron chi connectivity index (χ1n) is 8.45. The van der Waals surface area contributed by atoms with E-state index in [1.54, 1.807) is 0 Å². The van der Waals surface area contributed by atoms with Crippen LogP contribution in [0.15, 0.2) is 36.4 Å². The van der Waals surface area contributed by atoms with Gasteiger partial charge in [-0.3, -0.25) is 9.48 Å². The molecule has 2 aliphatic rings. The predicted octanol–water partition coefficient (Wildman–Crippen LogP) is 1.62. The zero-order valence-corrected chi connectivity index (χ0v) is 13.9. The second-order valence-corrected chi connectivity index (χ2v) is 6.55. The average Bonchev–Trinajstić information content (AvgIpc) is 3.21. The Morgan fingerprint density at radius 3 is 2.79 bits per heavy atom. The third kappa shape index (κ3) is 2.89. The molecule has 0 radical (unpaired) electrons. The number of likely N-dealkylation sites (N-methyl/N-ethyl adjacent to an activating group) is 1. The summed E-state index contributed by atoms with van der Waals surface area (Å²) in [5.74, 6) is 0.908. The minimum atomic E-state index is 0.0972. The molecule has 4 rings (SSSR count). The average molecular weight is 326 g/mol. The number of likely N-dealkylation sites (tertiary alicyclic amines) is 1. The van der Waals surface area contributed by atoms with Crippen LogP contribution in [0.2, 0.25) is 0 Å². The Balaban J connectivity index is 1.46. The van der Waals surface area contributed by atoms with Crippen molar-refractivity contribution in [3.8, 4) is 5.75 Å². The van der Waals surface area contributed by atoms with Gasteiger partial charge in [-0.25, -0.2) is 0 Å². The third-order valence-electron chi connectivity index (χ3n) is 4.80. The highest BCUT2D eigenvalue weighted by Crippen LogP contribution is 2.21. The van der Waals surface area contributed by atoms with Crippen LogP contribution in [0.25, 0.3) is 0 Å². The summed E-state index contributed by atoms with van der Waals surface area (Å²) in [5, 5.41) is 4.53. The lowest BCUT2D eigenvalue weighted by Crippen LogP contribution is -2.47. The SMILES string of the molecule is CN1CCC(N2CCn3nc(COc4ccccc4)cc3C2=O)C1. The van der Waals surface area contributed by atoms with Crippen molar-refractivity contribution in [2.24, 2.45) is 0 Å². The smallest absolute Gasteiger partial charge is 0.272 e. The van der Waals surface area contributed by atoms with Gasteiger partial charge in [0.1, 0.15) is 23.7 Å². The van der Waals surface area contributed by atoms with Crippen LogP contribution < -0.4 is 4.74 Å². The zero-order valence-electron chi connectivity index (χ0n) is 13.9. The first-order chi connectivity index (χ1) is 11.7. The monoisotopic (exact) mass is 326 g/mol. The molecule has 1 atom stereocenters. The van der Waals surface area contributed by atoms with Crippen molar-refractivity contribution in [3.05, 3.63) is 47.8 Å². The van der Waals surface area contributed by atoms with Gasteiger partial charge < -0.3 is 14.5 Å². The second kappa shape index (κ2) is 6.28. The minimum absolute atomic E-state index is 0.0972. The van der Waals surface area contributed by atoms with Crippen molar-refractivity contribution >= 4 is 5.91 Å². The lowest BCUT2D eigenvalue weighted by atomic mass is 10.1. The lowest BCUT2D eigenvalue weighted by molar-refractivity contribution is 0.0618. The number of aromatic nitrogens is 2. The standard InChI is InChI=1S/C18H22N4O2/c1-20-8-7-15(12-20)21-9-10-22-17(18(21)23)11-14(19-22)13-24-16-5-3-2-4-6-16/h2-6,11,15H,7-10,12-13H2,1H3. The summed E-state index contributed by atoms with van der Waals surface area (Å²) in [7, 11) is 2.11. The zero-order chi connectivity index (χ0) is 16.5. The molecule has 6 nitrogen and oxygen atoms in total. The van der Waals surface area contributed by atoms with Gasteiger partial charge in [-0.1, -0.05) is 18.2 Å². The third-order valence-corrected chi connectivity index (χ3v) is 4.80. The summed E-state index contributed by atoms with van der Waals surface area (Å²) >= 11 is 0. The first-order valence-corrected chi connectivity index (χ1v) is 8.45.